The first-order valence-corrected chi connectivity index (χ1v) is 8.14. The molecule has 0 aliphatic heterocycles. The van der Waals surface area contributed by atoms with Gasteiger partial charge >= 0.3 is 6.18 Å². The number of hydrogen-bond acceptors (Lipinski definition) is 1. The zero-order valence-electron chi connectivity index (χ0n) is 11.9. The van der Waals surface area contributed by atoms with Crippen LogP contribution in [0.1, 0.15) is 25.7 Å². The molecule has 0 unspecified atom stereocenters. The Balaban J connectivity index is 1.66. The first-order chi connectivity index (χ1) is 10.4. The summed E-state index contributed by atoms with van der Waals surface area (Å²) in [5, 5.41) is 2.16. The lowest BCUT2D eigenvalue weighted by molar-refractivity contribution is -0.185. The van der Waals surface area contributed by atoms with Crippen molar-refractivity contribution in [1.82, 2.24) is 0 Å². The molecule has 0 aromatic heterocycles. The van der Waals surface area contributed by atoms with Crippen LogP contribution in [0.15, 0.2) is 40.9 Å². The SMILES string of the molecule is FC(F)(F)C1CCC(Oc2ccc3cc(Br)ccc3c2)CC1. The summed E-state index contributed by atoms with van der Waals surface area (Å²) in [4.78, 5) is 0. The van der Waals surface area contributed by atoms with Crippen molar-refractivity contribution in [3.8, 4) is 5.75 Å². The molecule has 0 bridgehead atoms. The molecule has 1 saturated carbocycles. The van der Waals surface area contributed by atoms with Crippen LogP contribution in [0.25, 0.3) is 10.8 Å². The maximum Gasteiger partial charge on any atom is 0.391 e. The average molecular weight is 373 g/mol. The second-order valence-electron chi connectivity index (χ2n) is 5.79. The topological polar surface area (TPSA) is 9.23 Å². The van der Waals surface area contributed by atoms with Gasteiger partial charge in [-0.05, 0) is 60.7 Å². The normalized spacial score (nSPS) is 22.7. The summed E-state index contributed by atoms with van der Waals surface area (Å²) in [7, 11) is 0. The van der Waals surface area contributed by atoms with Gasteiger partial charge in [-0.25, -0.2) is 0 Å². The van der Waals surface area contributed by atoms with E-state index < -0.39 is 12.1 Å². The first kappa shape index (κ1) is 15.7. The third-order valence-corrected chi connectivity index (χ3v) is 4.71. The Labute approximate surface area is 135 Å². The Bertz CT molecular complexity index is 660. The van der Waals surface area contributed by atoms with Crippen LogP contribution in [0.3, 0.4) is 0 Å². The summed E-state index contributed by atoms with van der Waals surface area (Å²) in [6, 6.07) is 11.8. The van der Waals surface area contributed by atoms with Crippen LogP contribution in [0.5, 0.6) is 5.75 Å². The summed E-state index contributed by atoms with van der Waals surface area (Å²) in [5.41, 5.74) is 0. The zero-order valence-corrected chi connectivity index (χ0v) is 13.5. The van der Waals surface area contributed by atoms with Gasteiger partial charge in [0.1, 0.15) is 5.75 Å². The van der Waals surface area contributed by atoms with E-state index in [9.17, 15) is 13.2 Å². The maximum absolute atomic E-state index is 12.7. The lowest BCUT2D eigenvalue weighted by Crippen LogP contribution is -2.31. The minimum atomic E-state index is -4.07. The van der Waals surface area contributed by atoms with Gasteiger partial charge in [0.2, 0.25) is 0 Å². The largest absolute Gasteiger partial charge is 0.490 e. The van der Waals surface area contributed by atoms with E-state index in [2.05, 4.69) is 15.9 Å². The van der Waals surface area contributed by atoms with E-state index >= 15 is 0 Å². The molecule has 0 atom stereocenters. The molecule has 3 rings (SSSR count). The molecule has 2 aromatic carbocycles. The monoisotopic (exact) mass is 372 g/mol. The Kier molecular flexibility index (Phi) is 4.35. The van der Waals surface area contributed by atoms with Gasteiger partial charge in [0.25, 0.3) is 0 Å². The molecule has 118 valence electrons. The van der Waals surface area contributed by atoms with Crippen LogP contribution in [-0.2, 0) is 0 Å². The van der Waals surface area contributed by atoms with Crippen LogP contribution >= 0.6 is 15.9 Å². The van der Waals surface area contributed by atoms with Gasteiger partial charge in [-0.2, -0.15) is 13.2 Å². The van der Waals surface area contributed by atoms with Crippen molar-refractivity contribution in [2.24, 2.45) is 5.92 Å². The minimum absolute atomic E-state index is 0.119. The highest BCUT2D eigenvalue weighted by molar-refractivity contribution is 9.10. The highest BCUT2D eigenvalue weighted by atomic mass is 79.9. The summed E-state index contributed by atoms with van der Waals surface area (Å²) in [6.45, 7) is 0. The molecule has 1 nitrogen and oxygen atoms in total. The second-order valence-corrected chi connectivity index (χ2v) is 6.70. The molecule has 0 radical (unpaired) electrons. The minimum Gasteiger partial charge on any atom is -0.490 e. The highest BCUT2D eigenvalue weighted by Crippen LogP contribution is 2.38. The number of ether oxygens (including phenoxy) is 1. The standard InChI is InChI=1S/C17H16BrF3O/c18-14-5-1-12-10-16(6-2-11(12)9-14)22-15-7-3-13(4-8-15)17(19,20)21/h1-2,5-6,9-10,13,15H,3-4,7-8H2. The van der Waals surface area contributed by atoms with Crippen molar-refractivity contribution in [3.63, 3.8) is 0 Å². The van der Waals surface area contributed by atoms with Crippen LogP contribution in [0, 0.1) is 5.92 Å². The third-order valence-electron chi connectivity index (χ3n) is 4.21. The third kappa shape index (κ3) is 3.57. The van der Waals surface area contributed by atoms with E-state index in [1.54, 1.807) is 0 Å². The zero-order chi connectivity index (χ0) is 15.7. The molecule has 0 heterocycles. The van der Waals surface area contributed by atoms with Gasteiger partial charge in [0.15, 0.2) is 0 Å². The van der Waals surface area contributed by atoms with E-state index in [1.165, 1.54) is 0 Å². The van der Waals surface area contributed by atoms with Crippen molar-refractivity contribution in [2.45, 2.75) is 38.0 Å². The van der Waals surface area contributed by atoms with Crippen molar-refractivity contribution < 1.29 is 17.9 Å². The number of rotatable bonds is 2. The maximum atomic E-state index is 12.7. The molecule has 1 fully saturated rings. The summed E-state index contributed by atoms with van der Waals surface area (Å²) >= 11 is 3.43. The summed E-state index contributed by atoms with van der Waals surface area (Å²) in [5.74, 6) is -0.438. The van der Waals surface area contributed by atoms with Crippen molar-refractivity contribution in [3.05, 3.63) is 40.9 Å². The van der Waals surface area contributed by atoms with Crippen molar-refractivity contribution in [2.75, 3.05) is 0 Å². The molecule has 0 spiro atoms. The Morgan fingerprint density at radius 1 is 0.909 bits per heavy atom. The number of hydrogen-bond donors (Lipinski definition) is 0. The van der Waals surface area contributed by atoms with Gasteiger partial charge in [0.05, 0.1) is 12.0 Å². The summed E-state index contributed by atoms with van der Waals surface area (Å²) in [6.07, 6.45) is -2.94. The van der Waals surface area contributed by atoms with Gasteiger partial charge < -0.3 is 4.74 Å². The van der Waals surface area contributed by atoms with E-state index in [1.807, 2.05) is 36.4 Å². The predicted octanol–water partition coefficient (Wildman–Crippen LogP) is 6.10. The quantitative estimate of drug-likeness (QED) is 0.618. The number of alkyl halides is 3. The molecule has 5 heteroatoms. The lowest BCUT2D eigenvalue weighted by Gasteiger charge is -2.30. The van der Waals surface area contributed by atoms with Crippen LogP contribution in [0.4, 0.5) is 13.2 Å². The fourth-order valence-electron chi connectivity index (χ4n) is 2.97. The molecule has 1 aliphatic rings. The van der Waals surface area contributed by atoms with Gasteiger partial charge in [0, 0.05) is 4.47 Å². The molecular weight excluding hydrogens is 357 g/mol. The van der Waals surface area contributed by atoms with E-state index in [4.69, 9.17) is 4.74 Å². The fourth-order valence-corrected chi connectivity index (χ4v) is 3.35. The molecule has 0 saturated heterocycles. The lowest BCUT2D eigenvalue weighted by atomic mass is 9.87. The van der Waals surface area contributed by atoms with Gasteiger partial charge in [-0.15, -0.1) is 0 Å². The molecular formula is C17H16BrF3O. The first-order valence-electron chi connectivity index (χ1n) is 7.34. The van der Waals surface area contributed by atoms with Crippen LogP contribution in [0.2, 0.25) is 0 Å². The molecule has 2 aromatic rings. The Morgan fingerprint density at radius 3 is 2.23 bits per heavy atom. The highest BCUT2D eigenvalue weighted by Gasteiger charge is 2.41. The fraction of sp³-hybridized carbons (Fsp3) is 0.412. The van der Waals surface area contributed by atoms with Gasteiger partial charge in [-0.3, -0.25) is 0 Å². The second kappa shape index (κ2) is 6.11. The predicted molar refractivity (Wildman–Crippen MR) is 84.1 cm³/mol. The molecule has 0 amide bonds. The summed E-state index contributed by atoms with van der Waals surface area (Å²) < 4.78 is 44.9. The average Bonchev–Trinajstić information content (AvgIpc) is 2.47. The Hall–Kier alpha value is -1.23. The van der Waals surface area contributed by atoms with E-state index in [-0.39, 0.29) is 18.9 Å². The van der Waals surface area contributed by atoms with E-state index in [0.29, 0.717) is 12.8 Å². The Morgan fingerprint density at radius 2 is 1.55 bits per heavy atom. The van der Waals surface area contributed by atoms with Crippen molar-refractivity contribution in [1.29, 1.82) is 0 Å². The molecule has 22 heavy (non-hydrogen) atoms. The van der Waals surface area contributed by atoms with Crippen LogP contribution in [-0.4, -0.2) is 12.3 Å². The number of fused-ring (bicyclic) bond motifs is 1. The molecule has 1 aliphatic carbocycles. The molecule has 0 N–H and O–H groups in total. The smallest absolute Gasteiger partial charge is 0.391 e. The van der Waals surface area contributed by atoms with Gasteiger partial charge in [-0.1, -0.05) is 28.1 Å². The van der Waals surface area contributed by atoms with Crippen LogP contribution < -0.4 is 4.74 Å². The van der Waals surface area contributed by atoms with E-state index in [0.717, 1.165) is 21.0 Å². The number of benzene rings is 2. The van der Waals surface area contributed by atoms with Crippen molar-refractivity contribution >= 4 is 26.7 Å². The number of halogens is 4.